The van der Waals surface area contributed by atoms with E-state index in [-0.39, 0.29) is 39.1 Å². The molecule has 2 atom stereocenters. The van der Waals surface area contributed by atoms with Gasteiger partial charge in [0.25, 0.3) is 0 Å². The Bertz CT molecular complexity index is 788. The molecule has 0 aromatic carbocycles. The second kappa shape index (κ2) is 18.7. The molecule has 0 rings (SSSR count). The number of unbranched alkanes of at least 4 members (excludes halogenated alkanes) is 2. The van der Waals surface area contributed by atoms with Crippen LogP contribution in [0.4, 0.5) is 4.79 Å². The van der Waals surface area contributed by atoms with Gasteiger partial charge in [0, 0.05) is 26.1 Å². The van der Waals surface area contributed by atoms with Crippen molar-refractivity contribution >= 4 is 35.6 Å². The highest BCUT2D eigenvalue weighted by atomic mass is 16.6. The highest BCUT2D eigenvalue weighted by molar-refractivity contribution is 5.89. The molecule has 0 bridgehead atoms. The van der Waals surface area contributed by atoms with Gasteiger partial charge in [-0.15, -0.1) is 0 Å². The average Bonchev–Trinajstić information content (AvgIpc) is 2.81. The third-order valence-corrected chi connectivity index (χ3v) is 5.29. The van der Waals surface area contributed by atoms with Gasteiger partial charge in [-0.1, -0.05) is 0 Å². The predicted molar refractivity (Wildman–Crippen MR) is 143 cm³/mol. The van der Waals surface area contributed by atoms with Gasteiger partial charge in [0.2, 0.25) is 29.5 Å². The number of nitrogens with zero attached hydrogens (tertiary/aromatic N) is 1. The lowest BCUT2D eigenvalue weighted by Gasteiger charge is -2.23. The summed E-state index contributed by atoms with van der Waals surface area (Å²) in [6.45, 7) is 4.89. The number of alkyl carbamates (subject to hydrolysis) is 1. The molecule has 0 heterocycles. The van der Waals surface area contributed by atoms with Crippen molar-refractivity contribution in [3.8, 4) is 0 Å². The first kappa shape index (κ1) is 35.5. The second-order valence-electron chi connectivity index (χ2n) is 10.1. The maximum atomic E-state index is 12.8. The van der Waals surface area contributed by atoms with Crippen molar-refractivity contribution in [1.82, 2.24) is 20.9 Å². The van der Waals surface area contributed by atoms with Gasteiger partial charge in [0.15, 0.2) is 0 Å². The van der Waals surface area contributed by atoms with Gasteiger partial charge in [-0.3, -0.25) is 24.0 Å². The van der Waals surface area contributed by atoms with E-state index in [9.17, 15) is 28.8 Å². The summed E-state index contributed by atoms with van der Waals surface area (Å²) < 4.78 is 5.12. The number of ether oxygens (including phenoxy) is 1. The molecule has 0 aromatic heterocycles. The lowest BCUT2D eigenvalue weighted by atomic mass is 10.1. The van der Waals surface area contributed by atoms with Crippen LogP contribution in [0.2, 0.25) is 0 Å². The van der Waals surface area contributed by atoms with E-state index in [1.54, 1.807) is 20.8 Å². The summed E-state index contributed by atoms with van der Waals surface area (Å²) in [6.07, 6.45) is 2.14. The summed E-state index contributed by atoms with van der Waals surface area (Å²) in [5, 5.41) is 7.79. The van der Waals surface area contributed by atoms with E-state index >= 15 is 0 Å². The fraction of sp³-hybridized carbons (Fsp3) is 0.750. The van der Waals surface area contributed by atoms with Crippen molar-refractivity contribution in [3.05, 3.63) is 0 Å². The van der Waals surface area contributed by atoms with Gasteiger partial charge >= 0.3 is 6.09 Å². The van der Waals surface area contributed by atoms with Crippen LogP contribution in [0.5, 0.6) is 0 Å². The van der Waals surface area contributed by atoms with Crippen molar-refractivity contribution < 1.29 is 33.5 Å². The van der Waals surface area contributed by atoms with Crippen molar-refractivity contribution in [2.45, 2.75) is 83.4 Å². The number of hydrogen-bond donors (Lipinski definition) is 7. The highest BCUT2D eigenvalue weighted by Gasteiger charge is 2.21. The van der Waals surface area contributed by atoms with Gasteiger partial charge in [-0.05, 0) is 59.3 Å². The zero-order valence-corrected chi connectivity index (χ0v) is 23.3. The average molecular weight is 559 g/mol. The Balaban J connectivity index is 4.78. The van der Waals surface area contributed by atoms with Crippen LogP contribution in [0, 0.1) is 0 Å². The Kier molecular flexibility index (Phi) is 17.1. The summed E-state index contributed by atoms with van der Waals surface area (Å²) in [5.74, 6) is -2.66. The number of primary amides is 2. The van der Waals surface area contributed by atoms with Crippen LogP contribution in [-0.2, 0) is 28.7 Å². The molecule has 0 aromatic rings. The molecule has 11 N–H and O–H groups in total. The topological polar surface area (TPSA) is 255 Å². The van der Waals surface area contributed by atoms with Crippen LogP contribution in [-0.4, -0.2) is 90.9 Å². The van der Waals surface area contributed by atoms with E-state index in [0.29, 0.717) is 38.5 Å². The van der Waals surface area contributed by atoms with Gasteiger partial charge < -0.3 is 48.5 Å². The lowest BCUT2D eigenvalue weighted by Crippen LogP contribution is -2.47. The molecule has 0 saturated carbocycles. The maximum absolute atomic E-state index is 12.8. The van der Waals surface area contributed by atoms with Gasteiger partial charge in [-0.25, -0.2) is 4.79 Å². The quantitative estimate of drug-likeness (QED) is 0.0858. The number of nitrogens with two attached hydrogens (primary N) is 4. The van der Waals surface area contributed by atoms with Gasteiger partial charge in [0.05, 0.1) is 12.1 Å². The normalized spacial score (nSPS) is 12.5. The van der Waals surface area contributed by atoms with Crippen molar-refractivity contribution in [3.63, 3.8) is 0 Å². The molecule has 0 spiro atoms. The summed E-state index contributed by atoms with van der Waals surface area (Å²) in [4.78, 5) is 72.5. The number of nitrogens with one attached hydrogen (secondary N) is 3. The highest BCUT2D eigenvalue weighted by Crippen LogP contribution is 2.06. The molecule has 0 saturated heterocycles. The van der Waals surface area contributed by atoms with E-state index in [2.05, 4.69) is 16.0 Å². The van der Waals surface area contributed by atoms with E-state index in [1.165, 1.54) is 0 Å². The molecule has 0 fully saturated rings. The minimum atomic E-state index is -0.749. The number of hydrogen-bond acceptors (Lipinski definition) is 9. The molecular formula is C24H46N8O7. The monoisotopic (exact) mass is 558 g/mol. The van der Waals surface area contributed by atoms with Gasteiger partial charge in [-0.2, -0.15) is 0 Å². The third-order valence-electron chi connectivity index (χ3n) is 5.29. The van der Waals surface area contributed by atoms with Crippen molar-refractivity contribution in [1.29, 1.82) is 0 Å². The van der Waals surface area contributed by atoms with Crippen LogP contribution >= 0.6 is 0 Å². The Morgan fingerprint density at radius 3 is 1.54 bits per heavy atom. The van der Waals surface area contributed by atoms with Crippen molar-refractivity contribution in [2.75, 3.05) is 32.7 Å². The fourth-order valence-electron chi connectivity index (χ4n) is 3.15. The first-order valence-corrected chi connectivity index (χ1v) is 13.0. The molecule has 0 aliphatic heterocycles. The van der Waals surface area contributed by atoms with Crippen LogP contribution in [0.25, 0.3) is 0 Å². The summed E-state index contributed by atoms with van der Waals surface area (Å²) in [7, 11) is 0. The van der Waals surface area contributed by atoms with Gasteiger partial charge in [0.1, 0.15) is 18.7 Å². The number of carbonyl (C=O) groups is 6. The molecule has 0 radical (unpaired) electrons. The molecule has 0 aliphatic rings. The molecule has 15 nitrogen and oxygen atoms in total. The Morgan fingerprint density at radius 1 is 0.718 bits per heavy atom. The lowest BCUT2D eigenvalue weighted by molar-refractivity contribution is -0.139. The Morgan fingerprint density at radius 2 is 1.15 bits per heavy atom. The first-order valence-electron chi connectivity index (χ1n) is 13.0. The summed E-state index contributed by atoms with van der Waals surface area (Å²) in [6, 6.07) is -1.50. The molecule has 6 amide bonds. The van der Waals surface area contributed by atoms with E-state index in [4.69, 9.17) is 27.7 Å². The molecular weight excluding hydrogens is 512 g/mol. The van der Waals surface area contributed by atoms with Crippen LogP contribution in [0.15, 0.2) is 0 Å². The summed E-state index contributed by atoms with van der Waals surface area (Å²) in [5.41, 5.74) is 20.7. The molecule has 39 heavy (non-hydrogen) atoms. The maximum Gasteiger partial charge on any atom is 0.407 e. The predicted octanol–water partition coefficient (Wildman–Crippen LogP) is -2.07. The van der Waals surface area contributed by atoms with Crippen LogP contribution < -0.4 is 38.9 Å². The minimum absolute atomic E-state index is 0.0479. The molecule has 15 heteroatoms. The zero-order chi connectivity index (χ0) is 30.0. The molecule has 224 valence electrons. The number of rotatable bonds is 19. The first-order chi connectivity index (χ1) is 18.1. The number of carbonyl (C=O) groups excluding carboxylic acids is 6. The van der Waals surface area contributed by atoms with Crippen LogP contribution in [0.1, 0.15) is 65.7 Å². The van der Waals surface area contributed by atoms with E-state index in [1.807, 2.05) is 0 Å². The summed E-state index contributed by atoms with van der Waals surface area (Å²) >= 11 is 0. The SMILES string of the molecule is CC(C)(C)OC(=O)NCCC(=O)N(CC(=O)NCCCCC(N)C(N)=O)CC(=O)NCCCCC(N)C(N)=O. The molecule has 2 unspecified atom stereocenters. The second-order valence-corrected chi connectivity index (χ2v) is 10.1. The smallest absolute Gasteiger partial charge is 0.407 e. The van der Waals surface area contributed by atoms with Crippen molar-refractivity contribution in [2.24, 2.45) is 22.9 Å². The van der Waals surface area contributed by atoms with E-state index < -0.39 is 53.3 Å². The molecule has 0 aliphatic carbocycles. The third kappa shape index (κ3) is 19.3. The minimum Gasteiger partial charge on any atom is -0.444 e. The zero-order valence-electron chi connectivity index (χ0n) is 23.3. The standard InChI is InChI=1S/C24H46N8O7/c1-24(2,3)39-23(38)31-13-10-20(35)32(14-18(33)29-11-6-4-8-16(25)21(27)36)15-19(34)30-12-7-5-9-17(26)22(28)37/h16-17H,4-15,25-26H2,1-3H3,(H2,27,36)(H2,28,37)(H,29,33)(H,30,34)(H,31,38). The number of amides is 6. The van der Waals surface area contributed by atoms with E-state index in [0.717, 1.165) is 4.90 Å². The van der Waals surface area contributed by atoms with Crippen LogP contribution in [0.3, 0.4) is 0 Å². The fourth-order valence-corrected chi connectivity index (χ4v) is 3.15. The largest absolute Gasteiger partial charge is 0.444 e. The Hall–Kier alpha value is -3.46. The Labute approximate surface area is 229 Å².